The Morgan fingerprint density at radius 3 is 2.42 bits per heavy atom. The molecule has 2 unspecified atom stereocenters. The van der Waals surface area contributed by atoms with Crippen LogP contribution in [-0.2, 0) is 0 Å². The summed E-state index contributed by atoms with van der Waals surface area (Å²) in [5, 5.41) is 8.58. The first-order chi connectivity index (χ1) is 12.7. The number of halogens is 1. The fraction of sp³-hybridized carbons (Fsp3) is 0.286. The van der Waals surface area contributed by atoms with E-state index in [2.05, 4.69) is 22.6 Å². The Bertz CT molecular complexity index is 861. The average molecular weight is 368 g/mol. The first-order valence-corrected chi connectivity index (χ1v) is 9.43. The zero-order valence-electron chi connectivity index (χ0n) is 14.5. The van der Waals surface area contributed by atoms with Crippen LogP contribution < -0.4 is 11.1 Å². The van der Waals surface area contributed by atoms with Gasteiger partial charge in [0, 0.05) is 22.7 Å². The molecule has 2 aromatic carbocycles. The van der Waals surface area contributed by atoms with Crippen molar-refractivity contribution in [3.8, 4) is 22.4 Å². The Kier molecular flexibility index (Phi) is 4.96. The monoisotopic (exact) mass is 367 g/mol. The van der Waals surface area contributed by atoms with Crippen LogP contribution in [-0.4, -0.2) is 17.2 Å². The molecule has 0 radical (unpaired) electrons. The first-order valence-electron chi connectivity index (χ1n) is 9.05. The number of anilines is 1. The van der Waals surface area contributed by atoms with E-state index < -0.39 is 0 Å². The molecule has 26 heavy (non-hydrogen) atoms. The molecule has 1 aliphatic rings. The second kappa shape index (κ2) is 7.52. The van der Waals surface area contributed by atoms with Gasteiger partial charge in [-0.05, 0) is 30.5 Å². The number of hydrogen-bond donors (Lipinski definition) is 2. The van der Waals surface area contributed by atoms with Crippen molar-refractivity contribution in [3.05, 3.63) is 59.6 Å². The van der Waals surface area contributed by atoms with Crippen molar-refractivity contribution in [1.29, 1.82) is 0 Å². The number of rotatable bonds is 4. The molecule has 0 saturated heterocycles. The summed E-state index contributed by atoms with van der Waals surface area (Å²) in [4.78, 5) is 0. The molecule has 0 spiro atoms. The van der Waals surface area contributed by atoms with E-state index >= 15 is 0 Å². The molecule has 3 aromatic rings. The number of nitrogens with two attached hydrogens (primary N) is 1. The van der Waals surface area contributed by atoms with Gasteiger partial charge in [-0.1, -0.05) is 72.1 Å². The zero-order chi connectivity index (χ0) is 17.9. The van der Waals surface area contributed by atoms with Gasteiger partial charge in [0.1, 0.15) is 5.69 Å². The number of hydrogen-bond acceptors (Lipinski definition) is 4. The molecule has 134 valence electrons. The highest BCUT2D eigenvalue weighted by atomic mass is 35.5. The molecule has 3 N–H and O–H groups in total. The highest BCUT2D eigenvalue weighted by Crippen LogP contribution is 2.39. The molecule has 1 fully saturated rings. The topological polar surface area (TPSA) is 64.1 Å². The summed E-state index contributed by atoms with van der Waals surface area (Å²) in [5.41, 5.74) is 10.1. The molecule has 0 amide bonds. The fourth-order valence-electron chi connectivity index (χ4n) is 3.57. The standard InChI is InChI=1S/C21H22ClN3O/c22-16-12-10-15(11-13-16)20-19(14-6-2-1-3-7-14)21(26-25-20)24-18-9-5-4-8-17(18)23/h1-3,6-7,10-13,17-18,24H,4-5,8-9,23H2. The predicted molar refractivity (Wildman–Crippen MR) is 106 cm³/mol. The fourth-order valence-corrected chi connectivity index (χ4v) is 3.70. The molecule has 1 aromatic heterocycles. The van der Waals surface area contributed by atoms with Gasteiger partial charge in [0.15, 0.2) is 0 Å². The van der Waals surface area contributed by atoms with Crippen molar-refractivity contribution in [2.24, 2.45) is 5.73 Å². The molecule has 1 aliphatic carbocycles. The largest absolute Gasteiger partial charge is 0.349 e. The third kappa shape index (κ3) is 3.48. The van der Waals surface area contributed by atoms with Gasteiger partial charge in [0.25, 0.3) is 0 Å². The first kappa shape index (κ1) is 17.1. The van der Waals surface area contributed by atoms with Gasteiger partial charge in [0.05, 0.1) is 5.56 Å². The molecule has 0 bridgehead atoms. The van der Waals surface area contributed by atoms with E-state index in [0.717, 1.165) is 35.2 Å². The Hall–Kier alpha value is -2.30. The molecule has 1 heterocycles. The third-order valence-electron chi connectivity index (χ3n) is 5.01. The van der Waals surface area contributed by atoms with Crippen LogP contribution in [0.3, 0.4) is 0 Å². The Labute approximate surface area is 158 Å². The van der Waals surface area contributed by atoms with Crippen LogP contribution in [0, 0.1) is 0 Å². The SMILES string of the molecule is NC1CCCCC1Nc1onc(-c2ccc(Cl)cc2)c1-c1ccccc1. The summed E-state index contributed by atoms with van der Waals surface area (Å²) < 4.78 is 5.74. The number of nitrogens with zero attached hydrogens (tertiary/aromatic N) is 1. The lowest BCUT2D eigenvalue weighted by Gasteiger charge is -2.29. The maximum Gasteiger partial charge on any atom is 0.233 e. The minimum absolute atomic E-state index is 0.136. The van der Waals surface area contributed by atoms with E-state index in [4.69, 9.17) is 21.9 Å². The summed E-state index contributed by atoms with van der Waals surface area (Å²) in [6, 6.07) is 18.2. The van der Waals surface area contributed by atoms with Crippen molar-refractivity contribution in [3.63, 3.8) is 0 Å². The lowest BCUT2D eigenvalue weighted by molar-refractivity contribution is 0.381. The van der Waals surface area contributed by atoms with Gasteiger partial charge in [-0.3, -0.25) is 0 Å². The summed E-state index contributed by atoms with van der Waals surface area (Å²) >= 11 is 6.04. The predicted octanol–water partition coefficient (Wildman–Crippen LogP) is 5.34. The summed E-state index contributed by atoms with van der Waals surface area (Å²) in [7, 11) is 0. The van der Waals surface area contributed by atoms with Gasteiger partial charge in [0.2, 0.25) is 5.88 Å². The third-order valence-corrected chi connectivity index (χ3v) is 5.26. The smallest absolute Gasteiger partial charge is 0.233 e. The second-order valence-electron chi connectivity index (χ2n) is 6.81. The Balaban J connectivity index is 1.75. The van der Waals surface area contributed by atoms with Crippen LogP contribution in [0.4, 0.5) is 5.88 Å². The van der Waals surface area contributed by atoms with E-state index in [0.29, 0.717) is 10.9 Å². The van der Waals surface area contributed by atoms with Gasteiger partial charge in [-0.2, -0.15) is 0 Å². The van der Waals surface area contributed by atoms with Crippen LogP contribution in [0.5, 0.6) is 0 Å². The van der Waals surface area contributed by atoms with Crippen molar-refractivity contribution >= 4 is 17.5 Å². The summed E-state index contributed by atoms with van der Waals surface area (Å²) in [5.74, 6) is 0.684. The van der Waals surface area contributed by atoms with Crippen LogP contribution in [0.25, 0.3) is 22.4 Å². The van der Waals surface area contributed by atoms with Crippen molar-refractivity contribution in [1.82, 2.24) is 5.16 Å². The molecule has 1 saturated carbocycles. The number of aromatic nitrogens is 1. The van der Waals surface area contributed by atoms with Crippen molar-refractivity contribution < 1.29 is 4.52 Å². The summed E-state index contributed by atoms with van der Waals surface area (Å²) in [6.07, 6.45) is 4.46. The quantitative estimate of drug-likeness (QED) is 0.652. The van der Waals surface area contributed by atoms with E-state index in [-0.39, 0.29) is 12.1 Å². The molecular weight excluding hydrogens is 346 g/mol. The molecule has 2 atom stereocenters. The Morgan fingerprint density at radius 1 is 0.962 bits per heavy atom. The highest BCUT2D eigenvalue weighted by molar-refractivity contribution is 6.30. The van der Waals surface area contributed by atoms with E-state index in [1.165, 1.54) is 12.8 Å². The van der Waals surface area contributed by atoms with Gasteiger partial charge in [-0.15, -0.1) is 0 Å². The van der Waals surface area contributed by atoms with Crippen molar-refractivity contribution in [2.75, 3.05) is 5.32 Å². The maximum absolute atomic E-state index is 6.31. The van der Waals surface area contributed by atoms with Crippen molar-refractivity contribution in [2.45, 2.75) is 37.8 Å². The lowest BCUT2D eigenvalue weighted by Crippen LogP contribution is -2.42. The molecule has 0 aliphatic heterocycles. The van der Waals surface area contributed by atoms with Gasteiger partial charge in [-0.25, -0.2) is 0 Å². The van der Waals surface area contributed by atoms with E-state index in [1.807, 2.05) is 42.5 Å². The van der Waals surface area contributed by atoms with Gasteiger partial charge >= 0.3 is 0 Å². The minimum Gasteiger partial charge on any atom is -0.349 e. The summed E-state index contributed by atoms with van der Waals surface area (Å²) in [6.45, 7) is 0. The highest BCUT2D eigenvalue weighted by Gasteiger charge is 2.26. The second-order valence-corrected chi connectivity index (χ2v) is 7.24. The van der Waals surface area contributed by atoms with E-state index in [1.54, 1.807) is 0 Å². The number of nitrogens with one attached hydrogen (secondary N) is 1. The number of benzene rings is 2. The molecule has 4 nitrogen and oxygen atoms in total. The normalized spacial score (nSPS) is 20.1. The molecule has 4 rings (SSSR count). The zero-order valence-corrected chi connectivity index (χ0v) is 15.2. The van der Waals surface area contributed by atoms with Crippen LogP contribution >= 0.6 is 11.6 Å². The van der Waals surface area contributed by atoms with Crippen LogP contribution in [0.1, 0.15) is 25.7 Å². The lowest BCUT2D eigenvalue weighted by atomic mass is 9.91. The minimum atomic E-state index is 0.136. The van der Waals surface area contributed by atoms with E-state index in [9.17, 15) is 0 Å². The van der Waals surface area contributed by atoms with Gasteiger partial charge < -0.3 is 15.6 Å². The average Bonchev–Trinajstić information content (AvgIpc) is 3.08. The maximum atomic E-state index is 6.31. The molecule has 5 heteroatoms. The molecular formula is C21H22ClN3O. The van der Waals surface area contributed by atoms with Crippen LogP contribution in [0.2, 0.25) is 5.02 Å². The Morgan fingerprint density at radius 2 is 1.69 bits per heavy atom. The van der Waals surface area contributed by atoms with Crippen LogP contribution in [0.15, 0.2) is 59.1 Å².